The van der Waals surface area contributed by atoms with E-state index < -0.39 is 5.60 Å². The van der Waals surface area contributed by atoms with Crippen LogP contribution in [-0.4, -0.2) is 20.4 Å². The summed E-state index contributed by atoms with van der Waals surface area (Å²) < 4.78 is 1.94. The van der Waals surface area contributed by atoms with Gasteiger partial charge in [0.2, 0.25) is 0 Å². The van der Waals surface area contributed by atoms with E-state index in [1.807, 2.05) is 37.5 Å². The van der Waals surface area contributed by atoms with Gasteiger partial charge in [-0.15, -0.1) is 0 Å². The number of aryl methyl sites for hydroxylation is 1. The molecule has 5 nitrogen and oxygen atoms in total. The van der Waals surface area contributed by atoms with Gasteiger partial charge in [-0.25, -0.2) is 0 Å². The number of rotatable bonds is 8. The number of aliphatic hydroxyl groups is 1. The van der Waals surface area contributed by atoms with Gasteiger partial charge < -0.3 is 21.7 Å². The molecule has 0 bridgehead atoms. The molecule has 0 fully saturated rings. The molecule has 0 saturated carbocycles. The number of aromatic hydroxyl groups is 1. The molecule has 1 aromatic heterocycles. The zero-order chi connectivity index (χ0) is 23.3. The van der Waals surface area contributed by atoms with Gasteiger partial charge in [0.15, 0.2) is 0 Å². The number of hydrogen-bond donors (Lipinski definition) is 4. The standard InChI is InChI=1S/C26H37N3O2/c1-7-9-21-22(14-11-17(2)10-8-15-26(5,6)31)29(25(28)24(21)19(4)27)23-16-20(30)13-12-18(23)3/h9,11-14,16,30-31H,4,7-8,10,15,27-28H2,1-3,5-6H3/b17-11+,21-9-,22-14+. The smallest absolute Gasteiger partial charge is 0.118 e. The molecule has 0 aliphatic carbocycles. The Morgan fingerprint density at radius 1 is 1.29 bits per heavy atom. The van der Waals surface area contributed by atoms with Crippen molar-refractivity contribution in [2.45, 2.75) is 65.9 Å². The zero-order valence-corrected chi connectivity index (χ0v) is 19.5. The van der Waals surface area contributed by atoms with Crippen LogP contribution in [0.1, 0.15) is 64.5 Å². The van der Waals surface area contributed by atoms with Crippen LogP contribution in [0.15, 0.2) is 36.4 Å². The van der Waals surface area contributed by atoms with E-state index >= 15 is 0 Å². The van der Waals surface area contributed by atoms with Crippen LogP contribution in [0.2, 0.25) is 0 Å². The molecule has 2 rings (SSSR count). The van der Waals surface area contributed by atoms with Crippen molar-refractivity contribution in [2.24, 2.45) is 5.73 Å². The summed E-state index contributed by atoms with van der Waals surface area (Å²) in [6, 6.07) is 5.24. The predicted molar refractivity (Wildman–Crippen MR) is 132 cm³/mol. The lowest BCUT2D eigenvalue weighted by molar-refractivity contribution is 0.0689. The summed E-state index contributed by atoms with van der Waals surface area (Å²) in [5.41, 5.74) is 16.2. The first-order chi connectivity index (χ1) is 14.5. The van der Waals surface area contributed by atoms with Crippen LogP contribution in [0.25, 0.3) is 23.5 Å². The number of hydrogen-bond acceptors (Lipinski definition) is 4. The normalized spacial score (nSPS) is 13.8. The first-order valence-electron chi connectivity index (χ1n) is 10.8. The first-order valence-corrected chi connectivity index (χ1v) is 10.8. The minimum atomic E-state index is -0.653. The monoisotopic (exact) mass is 423 g/mol. The lowest BCUT2D eigenvalue weighted by atomic mass is 9.99. The fourth-order valence-electron chi connectivity index (χ4n) is 3.74. The van der Waals surface area contributed by atoms with Crippen LogP contribution in [0.5, 0.6) is 5.75 Å². The third-order valence-electron chi connectivity index (χ3n) is 5.33. The van der Waals surface area contributed by atoms with Crippen LogP contribution in [0, 0.1) is 6.92 Å². The molecule has 0 spiro atoms. The molecular weight excluding hydrogens is 386 g/mol. The van der Waals surface area contributed by atoms with Crippen molar-refractivity contribution in [1.82, 2.24) is 4.57 Å². The SMILES string of the molecule is C=C(N)c1c(N)n(-c2cc(O)ccc2C)c(=C/C=C(\C)CCCC(C)(C)O)/c1=C/CC. The number of nitrogens with two attached hydrogens (primary N) is 2. The molecule has 31 heavy (non-hydrogen) atoms. The summed E-state index contributed by atoms with van der Waals surface area (Å²) in [4.78, 5) is 0. The number of anilines is 1. The summed E-state index contributed by atoms with van der Waals surface area (Å²) in [6.07, 6.45) is 9.60. The number of nitrogens with zero attached hydrogens (tertiary/aromatic N) is 1. The van der Waals surface area contributed by atoms with Crippen LogP contribution in [-0.2, 0) is 0 Å². The Hall–Kier alpha value is -2.92. The third-order valence-corrected chi connectivity index (χ3v) is 5.33. The molecule has 2 aromatic rings. The van der Waals surface area contributed by atoms with Gasteiger partial charge in [0.05, 0.1) is 16.6 Å². The Balaban J connectivity index is 2.72. The maximum absolute atomic E-state index is 10.1. The Bertz CT molecular complexity index is 1100. The Labute approximate surface area is 185 Å². The molecule has 1 aromatic carbocycles. The number of nitrogen functional groups attached to an aromatic ring is 1. The molecule has 6 N–H and O–H groups in total. The lowest BCUT2D eigenvalue weighted by Gasteiger charge is -2.16. The summed E-state index contributed by atoms with van der Waals surface area (Å²) in [5.74, 6) is 0.673. The van der Waals surface area contributed by atoms with Crippen LogP contribution in [0.4, 0.5) is 5.82 Å². The fraction of sp³-hybridized carbons (Fsp3) is 0.385. The van der Waals surface area contributed by atoms with E-state index in [4.69, 9.17) is 11.5 Å². The molecule has 0 unspecified atom stereocenters. The minimum Gasteiger partial charge on any atom is -0.508 e. The predicted octanol–water partition coefficient (Wildman–Crippen LogP) is 3.86. The quantitative estimate of drug-likeness (QED) is 0.518. The van der Waals surface area contributed by atoms with E-state index in [2.05, 4.69) is 32.6 Å². The second kappa shape index (κ2) is 9.92. The van der Waals surface area contributed by atoms with Gasteiger partial charge in [-0.1, -0.05) is 37.3 Å². The van der Waals surface area contributed by atoms with Crippen LogP contribution < -0.4 is 22.0 Å². The van der Waals surface area contributed by atoms with Crippen molar-refractivity contribution in [3.63, 3.8) is 0 Å². The Morgan fingerprint density at radius 2 is 1.97 bits per heavy atom. The summed E-state index contributed by atoms with van der Waals surface area (Å²) in [6.45, 7) is 13.7. The number of phenolic OH excluding ortho intramolecular Hbond substituents is 1. The third kappa shape index (κ3) is 6.05. The molecule has 0 aliphatic heterocycles. The summed E-state index contributed by atoms with van der Waals surface area (Å²) >= 11 is 0. The molecule has 168 valence electrons. The molecule has 0 radical (unpaired) electrons. The maximum Gasteiger partial charge on any atom is 0.118 e. The molecule has 0 aliphatic rings. The molecule has 0 saturated heterocycles. The fourth-order valence-corrected chi connectivity index (χ4v) is 3.74. The highest BCUT2D eigenvalue weighted by atomic mass is 16.3. The average molecular weight is 424 g/mol. The van der Waals surface area contributed by atoms with Gasteiger partial charge in [0, 0.05) is 22.5 Å². The molecular formula is C26H37N3O2. The van der Waals surface area contributed by atoms with Gasteiger partial charge in [0.25, 0.3) is 0 Å². The van der Waals surface area contributed by atoms with Gasteiger partial charge in [-0.3, -0.25) is 4.57 Å². The Morgan fingerprint density at radius 3 is 2.55 bits per heavy atom. The van der Waals surface area contributed by atoms with Crippen molar-refractivity contribution < 1.29 is 10.2 Å². The van der Waals surface area contributed by atoms with Gasteiger partial charge >= 0.3 is 0 Å². The van der Waals surface area contributed by atoms with Gasteiger partial charge in [0.1, 0.15) is 11.6 Å². The molecule has 1 heterocycles. The zero-order valence-electron chi connectivity index (χ0n) is 19.5. The van der Waals surface area contributed by atoms with Crippen molar-refractivity contribution in [1.29, 1.82) is 0 Å². The van der Waals surface area contributed by atoms with Crippen LogP contribution in [0.3, 0.4) is 0 Å². The van der Waals surface area contributed by atoms with E-state index in [9.17, 15) is 10.2 Å². The second-order valence-electron chi connectivity index (χ2n) is 8.85. The highest BCUT2D eigenvalue weighted by Gasteiger charge is 2.16. The number of allylic oxidation sites excluding steroid dienone is 2. The van der Waals surface area contributed by atoms with E-state index in [0.29, 0.717) is 11.5 Å². The van der Waals surface area contributed by atoms with Crippen molar-refractivity contribution in [2.75, 3.05) is 5.73 Å². The van der Waals surface area contributed by atoms with Crippen molar-refractivity contribution in [3.8, 4) is 11.4 Å². The number of benzene rings is 1. The summed E-state index contributed by atoms with van der Waals surface area (Å²) in [7, 11) is 0. The van der Waals surface area contributed by atoms with E-state index in [1.54, 1.807) is 12.1 Å². The largest absolute Gasteiger partial charge is 0.508 e. The lowest BCUT2D eigenvalue weighted by Crippen LogP contribution is -2.30. The highest BCUT2D eigenvalue weighted by Crippen LogP contribution is 2.23. The molecule has 5 heteroatoms. The van der Waals surface area contributed by atoms with Gasteiger partial charge in [-0.05, 0) is 71.1 Å². The van der Waals surface area contributed by atoms with Crippen molar-refractivity contribution in [3.05, 3.63) is 58.1 Å². The second-order valence-corrected chi connectivity index (χ2v) is 8.85. The van der Waals surface area contributed by atoms with Crippen molar-refractivity contribution >= 4 is 23.7 Å². The number of phenols is 1. The topological polar surface area (TPSA) is 97.4 Å². The van der Waals surface area contributed by atoms with Crippen LogP contribution >= 0.6 is 0 Å². The highest BCUT2D eigenvalue weighted by molar-refractivity contribution is 5.74. The van der Waals surface area contributed by atoms with E-state index in [0.717, 1.165) is 53.1 Å². The molecule has 0 amide bonds. The maximum atomic E-state index is 10.1. The average Bonchev–Trinajstić information content (AvgIpc) is 2.92. The summed E-state index contributed by atoms with van der Waals surface area (Å²) in [5, 5.41) is 21.9. The minimum absolute atomic E-state index is 0.173. The van der Waals surface area contributed by atoms with Gasteiger partial charge in [-0.2, -0.15) is 0 Å². The number of aromatic nitrogens is 1. The first kappa shape index (κ1) is 24.4. The van der Waals surface area contributed by atoms with E-state index in [1.165, 1.54) is 5.57 Å². The Kier molecular flexibility index (Phi) is 7.80. The van der Waals surface area contributed by atoms with E-state index in [-0.39, 0.29) is 5.75 Å². The molecule has 0 atom stereocenters.